The third-order valence-electron chi connectivity index (χ3n) is 7.33. The molecule has 9 heteroatoms. The maximum absolute atomic E-state index is 13.3. The lowest BCUT2D eigenvalue weighted by Gasteiger charge is -2.26. The van der Waals surface area contributed by atoms with Gasteiger partial charge in [0.1, 0.15) is 11.9 Å². The van der Waals surface area contributed by atoms with E-state index in [4.69, 9.17) is 14.2 Å². The number of hydrogen-bond acceptors (Lipinski definition) is 6. The molecule has 2 fully saturated rings. The lowest BCUT2D eigenvalue weighted by atomic mass is 9.88. The number of ether oxygens (including phenoxy) is 3. The minimum Gasteiger partial charge on any atom is -0.493 e. The Morgan fingerprint density at radius 1 is 1.03 bits per heavy atom. The van der Waals surface area contributed by atoms with Crippen molar-refractivity contribution in [1.82, 2.24) is 15.5 Å². The van der Waals surface area contributed by atoms with Gasteiger partial charge in [0.25, 0.3) is 11.8 Å². The average Bonchev–Trinajstić information content (AvgIpc) is 3.32. The van der Waals surface area contributed by atoms with Crippen molar-refractivity contribution < 1.29 is 28.6 Å². The molecule has 3 heterocycles. The van der Waals surface area contributed by atoms with Gasteiger partial charge >= 0.3 is 0 Å². The number of benzene rings is 2. The maximum Gasteiger partial charge on any atom is 0.258 e. The van der Waals surface area contributed by atoms with Crippen molar-refractivity contribution in [2.45, 2.75) is 50.8 Å². The zero-order chi connectivity index (χ0) is 25.8. The molecule has 9 nitrogen and oxygen atoms in total. The molecule has 4 aliphatic rings. The zero-order valence-corrected chi connectivity index (χ0v) is 21.0. The van der Waals surface area contributed by atoms with E-state index in [1.165, 1.54) is 13.5 Å². The molecule has 1 saturated carbocycles. The van der Waals surface area contributed by atoms with Gasteiger partial charge in [0, 0.05) is 24.6 Å². The van der Waals surface area contributed by atoms with E-state index >= 15 is 0 Å². The predicted octanol–water partition coefficient (Wildman–Crippen LogP) is 2.67. The minimum atomic E-state index is -0.397. The first kappa shape index (κ1) is 24.9. The van der Waals surface area contributed by atoms with E-state index in [0.717, 1.165) is 31.2 Å². The van der Waals surface area contributed by atoms with Gasteiger partial charge in [-0.25, -0.2) is 0 Å². The molecule has 37 heavy (non-hydrogen) atoms. The third-order valence-corrected chi connectivity index (χ3v) is 7.33. The van der Waals surface area contributed by atoms with Gasteiger partial charge < -0.3 is 29.7 Å². The monoisotopic (exact) mass is 507 g/mol. The lowest BCUT2D eigenvalue weighted by molar-refractivity contribution is -0.135. The van der Waals surface area contributed by atoms with Crippen molar-refractivity contribution in [2.75, 3.05) is 26.8 Å². The molecule has 4 bridgehead atoms. The first-order valence-corrected chi connectivity index (χ1v) is 12.9. The fourth-order valence-electron chi connectivity index (χ4n) is 5.26. The van der Waals surface area contributed by atoms with Crippen molar-refractivity contribution in [3.8, 4) is 17.2 Å². The first-order valence-electron chi connectivity index (χ1n) is 12.9. The van der Waals surface area contributed by atoms with Crippen LogP contribution >= 0.6 is 0 Å². The van der Waals surface area contributed by atoms with Crippen LogP contribution in [0.15, 0.2) is 42.5 Å². The average molecular weight is 508 g/mol. The van der Waals surface area contributed by atoms with Crippen LogP contribution in [0.1, 0.15) is 48.0 Å². The Balaban J connectivity index is 1.42. The van der Waals surface area contributed by atoms with E-state index in [-0.39, 0.29) is 36.3 Å². The van der Waals surface area contributed by atoms with Crippen LogP contribution in [0.25, 0.3) is 0 Å². The molecule has 2 N–H and O–H groups in total. The molecule has 1 saturated heterocycles. The van der Waals surface area contributed by atoms with Crippen LogP contribution in [-0.2, 0) is 16.1 Å². The van der Waals surface area contributed by atoms with E-state index < -0.39 is 6.10 Å². The van der Waals surface area contributed by atoms with E-state index in [2.05, 4.69) is 10.6 Å². The summed E-state index contributed by atoms with van der Waals surface area (Å²) in [5.41, 5.74) is 1.27. The van der Waals surface area contributed by atoms with Crippen molar-refractivity contribution in [2.24, 2.45) is 5.92 Å². The molecular formula is C28H33N3O6. The van der Waals surface area contributed by atoms with Gasteiger partial charge in [-0.2, -0.15) is 0 Å². The highest BCUT2D eigenvalue weighted by molar-refractivity contribution is 5.95. The topological polar surface area (TPSA) is 106 Å². The van der Waals surface area contributed by atoms with Crippen LogP contribution in [0, 0.1) is 5.92 Å². The van der Waals surface area contributed by atoms with E-state index in [1.54, 1.807) is 18.2 Å². The Morgan fingerprint density at radius 2 is 1.81 bits per heavy atom. The summed E-state index contributed by atoms with van der Waals surface area (Å²) in [5, 5.41) is 5.90. The van der Waals surface area contributed by atoms with Crippen molar-refractivity contribution in [3.63, 3.8) is 0 Å². The molecule has 3 aliphatic heterocycles. The first-order chi connectivity index (χ1) is 18.0. The summed E-state index contributed by atoms with van der Waals surface area (Å²) in [6, 6.07) is 11.9. The van der Waals surface area contributed by atoms with Gasteiger partial charge in [0.15, 0.2) is 18.1 Å². The molecule has 2 aromatic rings. The Labute approximate surface area is 216 Å². The molecule has 0 spiro atoms. The largest absolute Gasteiger partial charge is 0.493 e. The van der Waals surface area contributed by atoms with E-state index in [9.17, 15) is 14.4 Å². The second-order valence-electron chi connectivity index (χ2n) is 9.89. The number of hydrogen-bond donors (Lipinski definition) is 2. The van der Waals surface area contributed by atoms with Crippen molar-refractivity contribution in [1.29, 1.82) is 0 Å². The molecule has 2 aromatic carbocycles. The number of methoxy groups -OCH3 is 1. The summed E-state index contributed by atoms with van der Waals surface area (Å²) in [7, 11) is 1.50. The molecular weight excluding hydrogens is 474 g/mol. The Hall–Kier alpha value is -3.75. The van der Waals surface area contributed by atoms with Crippen molar-refractivity contribution in [3.05, 3.63) is 53.6 Å². The summed E-state index contributed by atoms with van der Waals surface area (Å²) in [6.07, 6.45) is 4.79. The summed E-state index contributed by atoms with van der Waals surface area (Å²) < 4.78 is 17.3. The van der Waals surface area contributed by atoms with Gasteiger partial charge in [-0.1, -0.05) is 31.4 Å². The molecule has 0 aromatic heterocycles. The summed E-state index contributed by atoms with van der Waals surface area (Å²) >= 11 is 0. The van der Waals surface area contributed by atoms with Crippen LogP contribution in [0.4, 0.5) is 0 Å². The Morgan fingerprint density at radius 3 is 2.57 bits per heavy atom. The third kappa shape index (κ3) is 5.81. The van der Waals surface area contributed by atoms with Crippen molar-refractivity contribution >= 4 is 17.7 Å². The molecule has 0 radical (unpaired) electrons. The fourth-order valence-corrected chi connectivity index (χ4v) is 5.26. The Bertz CT molecular complexity index is 1150. The molecule has 6 rings (SSSR count). The van der Waals surface area contributed by atoms with E-state index in [1.807, 2.05) is 29.2 Å². The number of nitrogens with one attached hydrogen (secondary N) is 2. The molecule has 196 valence electrons. The number of rotatable bonds is 2. The van der Waals surface area contributed by atoms with Crippen LogP contribution < -0.4 is 24.8 Å². The maximum atomic E-state index is 13.3. The lowest BCUT2D eigenvalue weighted by Crippen LogP contribution is -2.45. The normalized spacial score (nSPS) is 22.7. The number of amides is 3. The van der Waals surface area contributed by atoms with Gasteiger partial charge in [-0.05, 0) is 48.7 Å². The fraction of sp³-hybridized carbons (Fsp3) is 0.464. The highest BCUT2D eigenvalue weighted by Crippen LogP contribution is 2.30. The van der Waals surface area contributed by atoms with Crippen LogP contribution in [-0.4, -0.2) is 61.6 Å². The highest BCUT2D eigenvalue weighted by atomic mass is 16.5. The molecule has 0 unspecified atom stereocenters. The highest BCUT2D eigenvalue weighted by Gasteiger charge is 2.40. The number of nitrogens with zero attached hydrogens (tertiary/aromatic N) is 1. The second kappa shape index (κ2) is 11.1. The number of carbonyl (C=O) groups excluding carboxylic acids is 3. The van der Waals surface area contributed by atoms with Gasteiger partial charge in [0.2, 0.25) is 5.91 Å². The summed E-state index contributed by atoms with van der Waals surface area (Å²) in [4.78, 5) is 40.7. The quantitative estimate of drug-likeness (QED) is 0.648. The van der Waals surface area contributed by atoms with Crippen LogP contribution in [0.5, 0.6) is 17.2 Å². The predicted molar refractivity (Wildman–Crippen MR) is 136 cm³/mol. The van der Waals surface area contributed by atoms with Gasteiger partial charge in [0.05, 0.1) is 19.7 Å². The Kier molecular flexibility index (Phi) is 7.48. The van der Waals surface area contributed by atoms with Gasteiger partial charge in [-0.15, -0.1) is 0 Å². The number of carbonyl (C=O) groups is 3. The molecule has 1 aliphatic carbocycles. The van der Waals surface area contributed by atoms with E-state index in [0.29, 0.717) is 42.4 Å². The minimum absolute atomic E-state index is 0.0465. The number of fused-ring (bicyclic) bond motifs is 7. The zero-order valence-electron chi connectivity index (χ0n) is 21.0. The smallest absolute Gasteiger partial charge is 0.258 e. The van der Waals surface area contributed by atoms with Crippen LogP contribution in [0.3, 0.4) is 0 Å². The van der Waals surface area contributed by atoms with Crippen LogP contribution in [0.2, 0.25) is 0 Å². The standard InChI is InChI=1S/C28H33N3O6/c1-35-23-12-9-20-13-24(23)36-17-26(32)29-14-18-7-10-21(11-8-18)37-25-16-31(15-22(25)30-27(20)33)28(34)19-5-3-2-4-6-19/h7-13,19,22,25H,2-6,14-17H2,1H3,(H,29,32)(H,30,33)/t22-,25-/m0/s1. The second-order valence-corrected chi connectivity index (χ2v) is 9.89. The number of likely N-dealkylation sites (tertiary alicyclic amines) is 1. The molecule has 3 amide bonds. The van der Waals surface area contributed by atoms with Gasteiger partial charge in [-0.3, -0.25) is 14.4 Å². The SMILES string of the molecule is COc1ccc2cc1OCC(=O)NCc1ccc(cc1)O[C@H]1CN(C(=O)C3CCCCC3)C[C@@H]1NC2=O. The molecule has 2 atom stereocenters. The summed E-state index contributed by atoms with van der Waals surface area (Å²) in [5.74, 6) is 0.950. The summed E-state index contributed by atoms with van der Waals surface area (Å²) in [6.45, 7) is 0.928.